The second-order valence-corrected chi connectivity index (χ2v) is 4.18. The number of carboxylic acids is 1. The van der Waals surface area contributed by atoms with E-state index in [4.69, 9.17) is 5.11 Å². The zero-order chi connectivity index (χ0) is 13.7. The van der Waals surface area contributed by atoms with E-state index in [-0.39, 0.29) is 24.7 Å². The molecule has 1 aromatic carbocycles. The summed E-state index contributed by atoms with van der Waals surface area (Å²) < 4.78 is 13.0. The van der Waals surface area contributed by atoms with E-state index < -0.39 is 11.9 Å². The van der Waals surface area contributed by atoms with Crippen LogP contribution in [-0.4, -0.2) is 35.5 Å². The van der Waals surface area contributed by atoms with Gasteiger partial charge in [0, 0.05) is 13.6 Å². The average molecular weight is 253 g/mol. The second-order valence-electron chi connectivity index (χ2n) is 4.18. The predicted molar refractivity (Wildman–Crippen MR) is 64.7 cm³/mol. The van der Waals surface area contributed by atoms with Gasteiger partial charge in [-0.3, -0.25) is 9.59 Å². The SMILES string of the molecule is CC(C(=O)N(C)CCC(=O)O)c1cccc(F)c1. The highest BCUT2D eigenvalue weighted by atomic mass is 19.1. The number of hydrogen-bond donors (Lipinski definition) is 1. The molecule has 0 aromatic heterocycles. The molecule has 0 aliphatic heterocycles. The minimum Gasteiger partial charge on any atom is -0.481 e. The first-order valence-electron chi connectivity index (χ1n) is 5.64. The van der Waals surface area contributed by atoms with Crippen molar-refractivity contribution < 1.29 is 19.1 Å². The Morgan fingerprint density at radius 2 is 2.11 bits per heavy atom. The molecule has 0 spiro atoms. The van der Waals surface area contributed by atoms with Crippen LogP contribution in [0.15, 0.2) is 24.3 Å². The lowest BCUT2D eigenvalue weighted by Crippen LogP contribution is -2.32. The largest absolute Gasteiger partial charge is 0.481 e. The number of halogens is 1. The normalized spacial score (nSPS) is 11.9. The molecule has 0 heterocycles. The number of likely N-dealkylation sites (N-methyl/N-ethyl adjacent to an activating group) is 1. The van der Waals surface area contributed by atoms with Gasteiger partial charge >= 0.3 is 5.97 Å². The number of carbonyl (C=O) groups is 2. The summed E-state index contributed by atoms with van der Waals surface area (Å²) in [5.41, 5.74) is 0.585. The zero-order valence-corrected chi connectivity index (χ0v) is 10.4. The smallest absolute Gasteiger partial charge is 0.305 e. The number of aliphatic carboxylic acids is 1. The summed E-state index contributed by atoms with van der Waals surface area (Å²) in [6.07, 6.45) is -0.0991. The van der Waals surface area contributed by atoms with Crippen LogP contribution >= 0.6 is 0 Å². The van der Waals surface area contributed by atoms with Crippen LogP contribution in [0.2, 0.25) is 0 Å². The highest BCUT2D eigenvalue weighted by Gasteiger charge is 2.19. The molecule has 5 heteroatoms. The number of hydrogen-bond acceptors (Lipinski definition) is 2. The van der Waals surface area contributed by atoms with Gasteiger partial charge in [-0.25, -0.2) is 4.39 Å². The number of carbonyl (C=O) groups excluding carboxylic acids is 1. The maximum absolute atomic E-state index is 13.0. The second kappa shape index (κ2) is 6.14. The van der Waals surface area contributed by atoms with E-state index in [1.54, 1.807) is 26.1 Å². The Balaban J connectivity index is 2.68. The van der Waals surface area contributed by atoms with Crippen LogP contribution < -0.4 is 0 Å². The van der Waals surface area contributed by atoms with Crippen molar-refractivity contribution in [2.45, 2.75) is 19.3 Å². The van der Waals surface area contributed by atoms with Crippen molar-refractivity contribution in [3.8, 4) is 0 Å². The molecular weight excluding hydrogens is 237 g/mol. The lowest BCUT2D eigenvalue weighted by molar-refractivity contribution is -0.138. The minimum absolute atomic E-state index is 0.0991. The van der Waals surface area contributed by atoms with Crippen LogP contribution in [0.3, 0.4) is 0 Å². The molecule has 18 heavy (non-hydrogen) atoms. The summed E-state index contributed by atoms with van der Waals surface area (Å²) in [7, 11) is 1.54. The number of benzene rings is 1. The lowest BCUT2D eigenvalue weighted by Gasteiger charge is -2.21. The summed E-state index contributed by atoms with van der Waals surface area (Å²) >= 11 is 0. The Hall–Kier alpha value is -1.91. The van der Waals surface area contributed by atoms with Crippen molar-refractivity contribution in [1.29, 1.82) is 0 Å². The van der Waals surface area contributed by atoms with Gasteiger partial charge in [-0.2, -0.15) is 0 Å². The summed E-state index contributed by atoms with van der Waals surface area (Å²) in [6, 6.07) is 5.85. The first-order chi connectivity index (χ1) is 8.41. The molecule has 0 aliphatic carbocycles. The maximum Gasteiger partial charge on any atom is 0.305 e. The highest BCUT2D eigenvalue weighted by molar-refractivity contribution is 5.83. The highest BCUT2D eigenvalue weighted by Crippen LogP contribution is 2.18. The molecule has 0 bridgehead atoms. The van der Waals surface area contributed by atoms with Crippen LogP contribution in [0.5, 0.6) is 0 Å². The first-order valence-corrected chi connectivity index (χ1v) is 5.64. The number of nitrogens with zero attached hydrogens (tertiary/aromatic N) is 1. The van der Waals surface area contributed by atoms with E-state index in [1.165, 1.54) is 17.0 Å². The van der Waals surface area contributed by atoms with Crippen LogP contribution in [0.4, 0.5) is 4.39 Å². The molecule has 1 N–H and O–H groups in total. The molecule has 1 rings (SSSR count). The van der Waals surface area contributed by atoms with Crippen molar-refractivity contribution in [3.63, 3.8) is 0 Å². The van der Waals surface area contributed by atoms with Crippen molar-refractivity contribution in [2.75, 3.05) is 13.6 Å². The minimum atomic E-state index is -0.951. The fourth-order valence-corrected chi connectivity index (χ4v) is 1.62. The van der Waals surface area contributed by atoms with Gasteiger partial charge in [0.05, 0.1) is 12.3 Å². The Labute approximate surface area is 105 Å². The first kappa shape index (κ1) is 14.2. The molecule has 1 unspecified atom stereocenters. The fraction of sp³-hybridized carbons (Fsp3) is 0.385. The van der Waals surface area contributed by atoms with Gasteiger partial charge in [0.25, 0.3) is 0 Å². The van der Waals surface area contributed by atoms with E-state index in [0.717, 1.165) is 0 Å². The molecule has 0 aliphatic rings. The monoisotopic (exact) mass is 253 g/mol. The number of rotatable bonds is 5. The summed E-state index contributed by atoms with van der Waals surface area (Å²) in [5, 5.41) is 8.55. The Bertz CT molecular complexity index is 448. The average Bonchev–Trinajstić information content (AvgIpc) is 2.34. The van der Waals surface area contributed by atoms with Gasteiger partial charge in [0.2, 0.25) is 5.91 Å². The van der Waals surface area contributed by atoms with E-state index in [9.17, 15) is 14.0 Å². The topological polar surface area (TPSA) is 57.6 Å². The Kier molecular flexibility index (Phi) is 4.83. The van der Waals surface area contributed by atoms with Crippen molar-refractivity contribution >= 4 is 11.9 Å². The van der Waals surface area contributed by atoms with E-state index >= 15 is 0 Å². The molecule has 0 fully saturated rings. The predicted octanol–water partition coefficient (Wildman–Crippen LogP) is 1.86. The fourth-order valence-electron chi connectivity index (χ4n) is 1.62. The molecule has 4 nitrogen and oxygen atoms in total. The van der Waals surface area contributed by atoms with Crippen LogP contribution in [0, 0.1) is 5.82 Å². The van der Waals surface area contributed by atoms with E-state index in [2.05, 4.69) is 0 Å². The van der Waals surface area contributed by atoms with Gasteiger partial charge in [-0.1, -0.05) is 12.1 Å². The summed E-state index contributed by atoms with van der Waals surface area (Å²) in [5.74, 6) is -2.05. The molecule has 1 atom stereocenters. The summed E-state index contributed by atoms with van der Waals surface area (Å²) in [6.45, 7) is 1.82. The lowest BCUT2D eigenvalue weighted by atomic mass is 10.00. The van der Waals surface area contributed by atoms with Crippen molar-refractivity contribution in [3.05, 3.63) is 35.6 Å². The van der Waals surface area contributed by atoms with Gasteiger partial charge < -0.3 is 10.0 Å². The zero-order valence-electron chi connectivity index (χ0n) is 10.4. The van der Waals surface area contributed by atoms with Crippen molar-refractivity contribution in [1.82, 2.24) is 4.90 Å². The van der Waals surface area contributed by atoms with Gasteiger partial charge in [0.15, 0.2) is 0 Å². The van der Waals surface area contributed by atoms with Crippen LogP contribution in [0.1, 0.15) is 24.8 Å². The number of carboxylic acid groups (broad SMARTS) is 1. The Morgan fingerprint density at radius 1 is 1.44 bits per heavy atom. The molecule has 0 saturated carbocycles. The third-order valence-corrected chi connectivity index (χ3v) is 2.76. The third-order valence-electron chi connectivity index (χ3n) is 2.76. The summed E-state index contributed by atoms with van der Waals surface area (Å²) in [4.78, 5) is 23.8. The maximum atomic E-state index is 13.0. The van der Waals surface area contributed by atoms with E-state index in [0.29, 0.717) is 5.56 Å². The van der Waals surface area contributed by atoms with Gasteiger partial charge in [-0.15, -0.1) is 0 Å². The van der Waals surface area contributed by atoms with E-state index in [1.807, 2.05) is 0 Å². The molecule has 0 radical (unpaired) electrons. The third kappa shape index (κ3) is 3.84. The molecule has 1 aromatic rings. The van der Waals surface area contributed by atoms with Crippen LogP contribution in [0.25, 0.3) is 0 Å². The Morgan fingerprint density at radius 3 is 2.67 bits per heavy atom. The quantitative estimate of drug-likeness (QED) is 0.871. The standard InChI is InChI=1S/C13H16FNO3/c1-9(10-4-3-5-11(14)8-10)13(18)15(2)7-6-12(16)17/h3-5,8-9H,6-7H2,1-2H3,(H,16,17). The van der Waals surface area contributed by atoms with Gasteiger partial charge in [-0.05, 0) is 24.6 Å². The molecular formula is C13H16FNO3. The van der Waals surface area contributed by atoms with Crippen LogP contribution in [-0.2, 0) is 9.59 Å². The molecule has 0 saturated heterocycles. The number of amides is 1. The van der Waals surface area contributed by atoms with Gasteiger partial charge in [0.1, 0.15) is 5.82 Å². The van der Waals surface area contributed by atoms with Crippen molar-refractivity contribution in [2.24, 2.45) is 0 Å². The molecule has 1 amide bonds. The molecule has 98 valence electrons.